The monoisotopic (exact) mass is 594 g/mol. The Morgan fingerprint density at radius 1 is 0.541 bits per heavy atom. The molecule has 0 fully saturated rings. The zero-order valence-electron chi connectivity index (χ0n) is 24.4. The van der Waals surface area contributed by atoms with Gasteiger partial charge in [-0.2, -0.15) is 0 Å². The molecule has 0 aliphatic rings. The molecule has 0 aliphatic carbocycles. The molecule has 0 radical (unpaired) electrons. The van der Waals surface area contributed by atoms with Gasteiger partial charge in [0.05, 0.1) is 17.1 Å². The summed E-state index contributed by atoms with van der Waals surface area (Å²) in [5.74, 6) is 0. The zero-order valence-corrected chi connectivity index (χ0v) is 25.9. The van der Waals surface area contributed by atoms with Crippen LogP contribution < -0.4 is 0 Å². The molecule has 2 nitrogen and oxygen atoms in total. The van der Waals surface area contributed by atoms with Gasteiger partial charge in [-0.1, -0.05) is 105 Å². The fourth-order valence-corrected chi connectivity index (χ4v) is 4.91. The van der Waals surface area contributed by atoms with Crippen molar-refractivity contribution in [1.29, 1.82) is 0 Å². The van der Waals surface area contributed by atoms with Crippen LogP contribution in [-0.4, -0.2) is 11.9 Å². The SMILES string of the molecule is CCCCCCCCC(C=Nc1cc(CCC)cc(CCC)c1)=Nc1cc(CCC)cc(CCC)c1.[Pd]. The normalized spacial score (nSPS) is 11.8. The second-order valence-corrected chi connectivity index (χ2v) is 10.4. The van der Waals surface area contributed by atoms with E-state index in [1.165, 1.54) is 73.6 Å². The number of aliphatic imine (C=N–C) groups is 2. The predicted octanol–water partition coefficient (Wildman–Crippen LogP) is 10.7. The van der Waals surface area contributed by atoms with Gasteiger partial charge in [0.15, 0.2) is 0 Å². The molecule has 37 heavy (non-hydrogen) atoms. The van der Waals surface area contributed by atoms with Gasteiger partial charge in [0, 0.05) is 26.6 Å². The van der Waals surface area contributed by atoms with E-state index in [1.807, 2.05) is 0 Å². The van der Waals surface area contributed by atoms with Crippen LogP contribution in [0.25, 0.3) is 0 Å². The van der Waals surface area contributed by atoms with E-state index in [0.717, 1.165) is 62.0 Å². The van der Waals surface area contributed by atoms with Gasteiger partial charge >= 0.3 is 0 Å². The molecule has 0 saturated carbocycles. The Morgan fingerprint density at radius 2 is 0.973 bits per heavy atom. The van der Waals surface area contributed by atoms with E-state index in [-0.39, 0.29) is 20.4 Å². The molecule has 2 aromatic rings. The molecular formula is C34H52N2Pd. The molecule has 0 atom stereocenters. The largest absolute Gasteiger partial charge is 0.255 e. The Bertz CT molecular complexity index is 896. The number of benzene rings is 2. The summed E-state index contributed by atoms with van der Waals surface area (Å²) in [5, 5.41) is 0. The van der Waals surface area contributed by atoms with Crippen molar-refractivity contribution >= 4 is 23.3 Å². The van der Waals surface area contributed by atoms with Crippen LogP contribution in [0.4, 0.5) is 11.4 Å². The Morgan fingerprint density at radius 3 is 1.43 bits per heavy atom. The Kier molecular flexibility index (Phi) is 18.5. The predicted molar refractivity (Wildman–Crippen MR) is 162 cm³/mol. The molecule has 0 spiro atoms. The van der Waals surface area contributed by atoms with Crippen molar-refractivity contribution in [3.05, 3.63) is 58.7 Å². The van der Waals surface area contributed by atoms with Gasteiger partial charge in [0.25, 0.3) is 0 Å². The van der Waals surface area contributed by atoms with Crippen molar-refractivity contribution in [2.45, 2.75) is 131 Å². The maximum atomic E-state index is 5.18. The van der Waals surface area contributed by atoms with Crippen molar-refractivity contribution in [2.75, 3.05) is 0 Å². The number of hydrogen-bond donors (Lipinski definition) is 0. The third kappa shape index (κ3) is 13.7. The van der Waals surface area contributed by atoms with Gasteiger partial charge in [0.2, 0.25) is 0 Å². The first kappa shape index (κ1) is 33.5. The molecule has 0 unspecified atom stereocenters. The average molecular weight is 595 g/mol. The van der Waals surface area contributed by atoms with E-state index in [4.69, 9.17) is 9.98 Å². The minimum Gasteiger partial charge on any atom is -0.255 e. The summed E-state index contributed by atoms with van der Waals surface area (Å²) in [6.07, 6.45) is 19.9. The van der Waals surface area contributed by atoms with Crippen molar-refractivity contribution in [1.82, 2.24) is 0 Å². The van der Waals surface area contributed by atoms with E-state index < -0.39 is 0 Å². The van der Waals surface area contributed by atoms with Crippen molar-refractivity contribution in [3.8, 4) is 0 Å². The summed E-state index contributed by atoms with van der Waals surface area (Å²) in [6.45, 7) is 11.3. The Hall–Kier alpha value is -1.56. The second kappa shape index (κ2) is 20.4. The van der Waals surface area contributed by atoms with Gasteiger partial charge in [-0.25, -0.2) is 0 Å². The van der Waals surface area contributed by atoms with Crippen LogP contribution in [0.15, 0.2) is 46.4 Å². The van der Waals surface area contributed by atoms with Crippen molar-refractivity contribution in [3.63, 3.8) is 0 Å². The maximum Gasteiger partial charge on any atom is 0.0639 e. The fraction of sp³-hybridized carbons (Fsp3) is 0.588. The molecule has 0 aliphatic heterocycles. The van der Waals surface area contributed by atoms with E-state index in [0.29, 0.717) is 0 Å². The van der Waals surface area contributed by atoms with Crippen LogP contribution in [0.1, 0.15) is 128 Å². The third-order valence-corrected chi connectivity index (χ3v) is 6.65. The molecule has 0 heterocycles. The first-order valence-electron chi connectivity index (χ1n) is 15.0. The smallest absolute Gasteiger partial charge is 0.0639 e. The summed E-state index contributed by atoms with van der Waals surface area (Å²) < 4.78 is 0. The number of hydrogen-bond acceptors (Lipinski definition) is 2. The molecule has 2 aromatic carbocycles. The van der Waals surface area contributed by atoms with Crippen molar-refractivity contribution in [2.24, 2.45) is 9.98 Å². The second-order valence-electron chi connectivity index (χ2n) is 10.4. The zero-order chi connectivity index (χ0) is 26.0. The molecule has 2 rings (SSSR count). The minimum absolute atomic E-state index is 0. The fourth-order valence-electron chi connectivity index (χ4n) is 4.91. The minimum atomic E-state index is 0. The van der Waals surface area contributed by atoms with Crippen LogP contribution in [0.2, 0.25) is 0 Å². The molecular weight excluding hydrogens is 543 g/mol. The van der Waals surface area contributed by atoms with Crippen molar-refractivity contribution < 1.29 is 20.4 Å². The Labute approximate surface area is 242 Å². The van der Waals surface area contributed by atoms with Gasteiger partial charge < -0.3 is 0 Å². The third-order valence-electron chi connectivity index (χ3n) is 6.65. The number of unbranched alkanes of at least 4 members (excludes halogenated alkanes) is 5. The summed E-state index contributed by atoms with van der Waals surface area (Å²) in [5.41, 5.74) is 8.92. The quantitative estimate of drug-likeness (QED) is 0.0931. The maximum absolute atomic E-state index is 5.18. The van der Waals surface area contributed by atoms with Gasteiger partial charge in [-0.15, -0.1) is 0 Å². The number of rotatable bonds is 18. The van der Waals surface area contributed by atoms with Gasteiger partial charge in [-0.05, 0) is 85.0 Å². The molecule has 0 aromatic heterocycles. The van der Waals surface area contributed by atoms with E-state index in [1.54, 1.807) is 0 Å². The molecule has 3 heteroatoms. The van der Waals surface area contributed by atoms with E-state index in [2.05, 4.69) is 77.2 Å². The summed E-state index contributed by atoms with van der Waals surface area (Å²) in [6, 6.07) is 13.9. The summed E-state index contributed by atoms with van der Waals surface area (Å²) >= 11 is 0. The standard InChI is InChI=1S/C34H52N2.Pd/c1-6-11-12-13-14-15-20-32(36-34-25-30(18-9-4)22-31(26-34)19-10-5)27-35-33-23-28(16-7-2)21-29(24-33)17-8-3;/h21-27H,6-20H2,1-5H3;. The molecule has 0 N–H and O–H groups in total. The Balaban J connectivity index is 0.00000684. The van der Waals surface area contributed by atoms with Crippen LogP contribution >= 0.6 is 0 Å². The van der Waals surface area contributed by atoms with Crippen LogP contribution in [-0.2, 0) is 46.1 Å². The summed E-state index contributed by atoms with van der Waals surface area (Å²) in [4.78, 5) is 10.2. The first-order chi connectivity index (χ1) is 17.6. The topological polar surface area (TPSA) is 24.7 Å². The summed E-state index contributed by atoms with van der Waals surface area (Å²) in [7, 11) is 0. The van der Waals surface area contributed by atoms with Gasteiger partial charge in [0.1, 0.15) is 0 Å². The molecule has 0 saturated heterocycles. The molecule has 208 valence electrons. The van der Waals surface area contributed by atoms with Crippen LogP contribution in [0, 0.1) is 0 Å². The average Bonchev–Trinajstić information content (AvgIpc) is 2.85. The first-order valence-corrected chi connectivity index (χ1v) is 15.0. The van der Waals surface area contributed by atoms with E-state index in [9.17, 15) is 0 Å². The van der Waals surface area contributed by atoms with Gasteiger partial charge in [-0.3, -0.25) is 9.98 Å². The van der Waals surface area contributed by atoms with Crippen LogP contribution in [0.5, 0.6) is 0 Å². The number of nitrogens with zero attached hydrogens (tertiary/aromatic N) is 2. The number of aryl methyl sites for hydroxylation is 4. The van der Waals surface area contributed by atoms with E-state index >= 15 is 0 Å². The van der Waals surface area contributed by atoms with Crippen LogP contribution in [0.3, 0.4) is 0 Å². The molecule has 0 amide bonds. The molecule has 0 bridgehead atoms.